The monoisotopic (exact) mass is 244 g/mol. The lowest BCUT2D eigenvalue weighted by Gasteiger charge is -2.21. The van der Waals surface area contributed by atoms with Crippen LogP contribution in [0.1, 0.15) is 12.8 Å². The van der Waals surface area contributed by atoms with E-state index in [1.807, 2.05) is 30.5 Å². The summed E-state index contributed by atoms with van der Waals surface area (Å²) in [4.78, 5) is 17.2. The van der Waals surface area contributed by atoms with Crippen molar-refractivity contribution in [3.8, 4) is 0 Å². The van der Waals surface area contributed by atoms with Crippen molar-refractivity contribution < 1.29 is 9.90 Å². The summed E-state index contributed by atoms with van der Waals surface area (Å²) in [6.07, 6.45) is 3.42. The second kappa shape index (κ2) is 3.85. The van der Waals surface area contributed by atoms with E-state index in [4.69, 9.17) is 0 Å². The van der Waals surface area contributed by atoms with Gasteiger partial charge in [-0.25, -0.2) is 0 Å². The molecule has 0 unspecified atom stereocenters. The number of aromatic nitrogens is 1. The van der Waals surface area contributed by atoms with Gasteiger partial charge in [-0.2, -0.15) is 0 Å². The minimum absolute atomic E-state index is 0.00903. The van der Waals surface area contributed by atoms with Gasteiger partial charge in [0.15, 0.2) is 0 Å². The van der Waals surface area contributed by atoms with Crippen molar-refractivity contribution >= 4 is 22.5 Å². The van der Waals surface area contributed by atoms with Gasteiger partial charge in [0.25, 0.3) is 0 Å². The van der Waals surface area contributed by atoms with E-state index in [1.165, 1.54) is 0 Å². The predicted molar refractivity (Wildman–Crippen MR) is 70.5 cm³/mol. The SMILES string of the molecule is CN(C(=O)C1(CO)CC1)c1c[nH]c2ccccc12. The number of hydrogen-bond donors (Lipinski definition) is 2. The number of nitrogens with one attached hydrogen (secondary N) is 1. The van der Waals surface area contributed by atoms with Gasteiger partial charge in [-0.1, -0.05) is 18.2 Å². The number of nitrogens with zero attached hydrogens (tertiary/aromatic N) is 1. The van der Waals surface area contributed by atoms with Gasteiger partial charge in [0.2, 0.25) is 5.91 Å². The molecule has 4 heteroatoms. The standard InChI is InChI=1S/C14H16N2O2/c1-16(13(18)14(9-17)6-7-14)12-8-15-11-5-3-2-4-10(11)12/h2-5,8,15,17H,6-7,9H2,1H3. The van der Waals surface area contributed by atoms with E-state index in [0.29, 0.717) is 0 Å². The van der Waals surface area contributed by atoms with Crippen LogP contribution in [0.5, 0.6) is 0 Å². The first-order chi connectivity index (χ1) is 8.68. The second-order valence-electron chi connectivity index (χ2n) is 5.02. The van der Waals surface area contributed by atoms with Gasteiger partial charge in [0.05, 0.1) is 17.7 Å². The van der Waals surface area contributed by atoms with Gasteiger partial charge in [-0.3, -0.25) is 4.79 Å². The summed E-state index contributed by atoms with van der Waals surface area (Å²) in [5.74, 6) is 0.00903. The first kappa shape index (κ1) is 11.3. The molecule has 0 aliphatic heterocycles. The smallest absolute Gasteiger partial charge is 0.235 e. The third-order valence-corrected chi connectivity index (χ3v) is 3.84. The Hall–Kier alpha value is -1.81. The number of aliphatic hydroxyl groups is 1. The van der Waals surface area contributed by atoms with Crippen LogP contribution in [0.2, 0.25) is 0 Å². The summed E-state index contributed by atoms with van der Waals surface area (Å²) in [5, 5.41) is 10.4. The van der Waals surface area contributed by atoms with E-state index < -0.39 is 5.41 Å². The third-order valence-electron chi connectivity index (χ3n) is 3.84. The molecule has 94 valence electrons. The predicted octanol–water partition coefficient (Wildman–Crippen LogP) is 1.90. The van der Waals surface area contributed by atoms with Crippen molar-refractivity contribution in [1.82, 2.24) is 4.98 Å². The van der Waals surface area contributed by atoms with Crippen LogP contribution in [0.15, 0.2) is 30.5 Å². The average molecular weight is 244 g/mol. The summed E-state index contributed by atoms with van der Waals surface area (Å²) in [6, 6.07) is 7.89. The molecule has 1 aliphatic rings. The Morgan fingerprint density at radius 2 is 2.17 bits per heavy atom. The number of para-hydroxylation sites is 1. The van der Waals surface area contributed by atoms with Crippen molar-refractivity contribution in [2.75, 3.05) is 18.6 Å². The third kappa shape index (κ3) is 1.53. The molecule has 0 atom stereocenters. The Bertz CT molecular complexity index is 599. The zero-order valence-electron chi connectivity index (χ0n) is 10.3. The van der Waals surface area contributed by atoms with Crippen LogP contribution in [-0.2, 0) is 4.79 Å². The molecule has 0 spiro atoms. The van der Waals surface area contributed by atoms with Gasteiger partial charge >= 0.3 is 0 Å². The molecular formula is C14H16N2O2. The normalized spacial score (nSPS) is 16.8. The lowest BCUT2D eigenvalue weighted by molar-refractivity contribution is -0.124. The Labute approximate surface area is 105 Å². The van der Waals surface area contributed by atoms with Crippen molar-refractivity contribution in [1.29, 1.82) is 0 Å². The number of benzene rings is 1. The zero-order valence-corrected chi connectivity index (χ0v) is 10.3. The van der Waals surface area contributed by atoms with Gasteiger partial charge < -0.3 is 15.0 Å². The van der Waals surface area contributed by atoms with E-state index in [2.05, 4.69) is 4.98 Å². The van der Waals surface area contributed by atoms with Crippen LogP contribution >= 0.6 is 0 Å². The number of aromatic amines is 1. The Morgan fingerprint density at radius 1 is 1.44 bits per heavy atom. The molecule has 0 saturated heterocycles. The zero-order chi connectivity index (χ0) is 12.8. The molecule has 0 radical (unpaired) electrons. The molecule has 1 aromatic carbocycles. The lowest BCUT2D eigenvalue weighted by atomic mass is 10.1. The van der Waals surface area contributed by atoms with Gasteiger partial charge in [0, 0.05) is 24.1 Å². The van der Waals surface area contributed by atoms with Crippen LogP contribution in [0.4, 0.5) is 5.69 Å². The van der Waals surface area contributed by atoms with Crippen molar-refractivity contribution in [2.45, 2.75) is 12.8 Å². The molecule has 0 bridgehead atoms. The van der Waals surface area contributed by atoms with Crippen LogP contribution in [0.3, 0.4) is 0 Å². The molecule has 1 aromatic heterocycles. The van der Waals surface area contributed by atoms with Gasteiger partial charge in [-0.15, -0.1) is 0 Å². The molecule has 18 heavy (non-hydrogen) atoms. The molecule has 4 nitrogen and oxygen atoms in total. The summed E-state index contributed by atoms with van der Waals surface area (Å²) < 4.78 is 0. The first-order valence-corrected chi connectivity index (χ1v) is 6.13. The van der Waals surface area contributed by atoms with Crippen LogP contribution < -0.4 is 4.90 Å². The number of hydrogen-bond acceptors (Lipinski definition) is 2. The molecule has 1 fully saturated rings. The van der Waals surface area contributed by atoms with E-state index in [1.54, 1.807) is 11.9 Å². The van der Waals surface area contributed by atoms with Crippen molar-refractivity contribution in [2.24, 2.45) is 5.41 Å². The van der Waals surface area contributed by atoms with E-state index in [9.17, 15) is 9.90 Å². The molecule has 1 aliphatic carbocycles. The van der Waals surface area contributed by atoms with E-state index in [0.717, 1.165) is 29.4 Å². The maximum absolute atomic E-state index is 12.4. The number of H-pyrrole nitrogens is 1. The van der Waals surface area contributed by atoms with Crippen LogP contribution in [0, 0.1) is 5.41 Å². The molecule has 2 N–H and O–H groups in total. The summed E-state index contributed by atoms with van der Waals surface area (Å²) in [6.45, 7) is -0.0570. The van der Waals surface area contributed by atoms with Gasteiger partial charge in [0.1, 0.15) is 0 Å². The fourth-order valence-electron chi connectivity index (χ4n) is 2.39. The Morgan fingerprint density at radius 3 is 2.83 bits per heavy atom. The maximum atomic E-state index is 12.4. The van der Waals surface area contributed by atoms with Gasteiger partial charge in [-0.05, 0) is 18.9 Å². The number of aliphatic hydroxyl groups excluding tert-OH is 1. The number of fused-ring (bicyclic) bond motifs is 1. The Kier molecular flexibility index (Phi) is 2.41. The summed E-state index contributed by atoms with van der Waals surface area (Å²) in [5.41, 5.74) is 1.36. The first-order valence-electron chi connectivity index (χ1n) is 6.13. The molecule has 1 saturated carbocycles. The molecular weight excluding hydrogens is 228 g/mol. The highest BCUT2D eigenvalue weighted by Gasteiger charge is 2.51. The topological polar surface area (TPSA) is 56.3 Å². The molecule has 3 rings (SSSR count). The summed E-state index contributed by atoms with van der Waals surface area (Å²) in [7, 11) is 1.77. The van der Waals surface area contributed by atoms with E-state index >= 15 is 0 Å². The second-order valence-corrected chi connectivity index (χ2v) is 5.02. The highest BCUT2D eigenvalue weighted by Crippen LogP contribution is 2.47. The van der Waals surface area contributed by atoms with Crippen LogP contribution in [0.25, 0.3) is 10.9 Å². The maximum Gasteiger partial charge on any atom is 0.235 e. The van der Waals surface area contributed by atoms with Crippen LogP contribution in [-0.4, -0.2) is 29.7 Å². The highest BCUT2D eigenvalue weighted by molar-refractivity contribution is 6.05. The largest absolute Gasteiger partial charge is 0.395 e. The molecule has 1 heterocycles. The molecule has 2 aromatic rings. The minimum Gasteiger partial charge on any atom is -0.395 e. The number of rotatable bonds is 3. The number of carbonyl (C=O) groups excluding carboxylic acids is 1. The quantitative estimate of drug-likeness (QED) is 0.866. The highest BCUT2D eigenvalue weighted by atomic mass is 16.3. The number of anilines is 1. The van der Waals surface area contributed by atoms with Crippen molar-refractivity contribution in [3.05, 3.63) is 30.5 Å². The fourth-order valence-corrected chi connectivity index (χ4v) is 2.39. The van der Waals surface area contributed by atoms with E-state index in [-0.39, 0.29) is 12.5 Å². The van der Waals surface area contributed by atoms with Crippen molar-refractivity contribution in [3.63, 3.8) is 0 Å². The Balaban J connectivity index is 1.97. The summed E-state index contributed by atoms with van der Waals surface area (Å²) >= 11 is 0. The number of amides is 1. The average Bonchev–Trinajstić information content (AvgIpc) is 3.10. The number of carbonyl (C=O) groups is 1. The molecule has 1 amide bonds. The lowest BCUT2D eigenvalue weighted by Crippen LogP contribution is -2.35. The minimum atomic E-state index is -0.521. The fraction of sp³-hybridized carbons (Fsp3) is 0.357.